The maximum atomic E-state index is 12.1. The van der Waals surface area contributed by atoms with Crippen LogP contribution in [0.3, 0.4) is 0 Å². The molecule has 5 rings (SSSR count). The number of aromatic hydroxyl groups is 1. The second-order valence-corrected chi connectivity index (χ2v) is 9.95. The Balaban J connectivity index is 1.47. The number of hydrogen-bond donors (Lipinski definition) is 1. The van der Waals surface area contributed by atoms with Crippen LogP contribution < -0.4 is 14.5 Å². The number of hydrogen-bond acceptors (Lipinski definition) is 7. The molecule has 0 saturated carbocycles. The van der Waals surface area contributed by atoms with E-state index in [0.717, 1.165) is 52.9 Å². The molecule has 8 nitrogen and oxygen atoms in total. The Morgan fingerprint density at radius 3 is 2.68 bits per heavy atom. The predicted molar refractivity (Wildman–Crippen MR) is 146 cm³/mol. The zero-order valence-corrected chi connectivity index (χ0v) is 21.7. The number of benzene rings is 2. The zero-order valence-electron chi connectivity index (χ0n) is 21.7. The van der Waals surface area contributed by atoms with E-state index in [-0.39, 0.29) is 11.7 Å². The van der Waals surface area contributed by atoms with Gasteiger partial charge in [0.2, 0.25) is 5.91 Å². The number of carbonyl (C=O) groups is 1. The average Bonchev–Trinajstić information content (AvgIpc) is 2.94. The van der Waals surface area contributed by atoms with Crippen LogP contribution in [0.1, 0.15) is 31.5 Å². The van der Waals surface area contributed by atoms with E-state index in [1.807, 2.05) is 29.2 Å². The topological polar surface area (TPSA) is 82.0 Å². The van der Waals surface area contributed by atoms with E-state index in [1.165, 1.54) is 6.08 Å². The van der Waals surface area contributed by atoms with Gasteiger partial charge in [-0.1, -0.05) is 51.1 Å². The molecule has 1 aromatic heterocycles. The lowest BCUT2D eigenvalue weighted by molar-refractivity contribution is -0.126. The summed E-state index contributed by atoms with van der Waals surface area (Å²) in [7, 11) is 0. The van der Waals surface area contributed by atoms with Gasteiger partial charge < -0.3 is 24.5 Å². The largest absolute Gasteiger partial charge is 0.508 e. The van der Waals surface area contributed by atoms with Gasteiger partial charge >= 0.3 is 6.01 Å². The van der Waals surface area contributed by atoms with Crippen LogP contribution >= 0.6 is 0 Å². The number of fused-ring (bicyclic) bond motifs is 2. The lowest BCUT2D eigenvalue weighted by Gasteiger charge is -2.38. The first-order valence-electron chi connectivity index (χ1n) is 13.1. The molecule has 3 aromatic rings. The Kier molecular flexibility index (Phi) is 7.17. The lowest BCUT2D eigenvalue weighted by atomic mass is 10.0. The van der Waals surface area contributed by atoms with Crippen LogP contribution in [-0.2, 0) is 17.8 Å². The minimum absolute atomic E-state index is 0.0316. The van der Waals surface area contributed by atoms with E-state index in [4.69, 9.17) is 14.7 Å². The molecular weight excluding hydrogens is 466 g/mol. The highest BCUT2D eigenvalue weighted by atomic mass is 16.5. The van der Waals surface area contributed by atoms with E-state index >= 15 is 0 Å². The molecule has 1 fully saturated rings. The van der Waals surface area contributed by atoms with Gasteiger partial charge in [-0.15, -0.1) is 0 Å². The Hall–Kier alpha value is -3.81. The lowest BCUT2D eigenvalue weighted by Crippen LogP contribution is -2.49. The second kappa shape index (κ2) is 10.7. The van der Waals surface area contributed by atoms with Crippen molar-refractivity contribution in [3.05, 3.63) is 60.3 Å². The molecule has 0 aliphatic carbocycles. The first-order chi connectivity index (χ1) is 18.0. The quantitative estimate of drug-likeness (QED) is 0.487. The van der Waals surface area contributed by atoms with Crippen molar-refractivity contribution in [2.75, 3.05) is 49.1 Å². The van der Waals surface area contributed by atoms with E-state index in [2.05, 4.69) is 36.3 Å². The van der Waals surface area contributed by atoms with E-state index in [0.29, 0.717) is 51.3 Å². The molecule has 37 heavy (non-hydrogen) atoms. The number of nitrogens with zero attached hydrogens (tertiary/aromatic N) is 5. The summed E-state index contributed by atoms with van der Waals surface area (Å²) in [6, 6.07) is 12.2. The van der Waals surface area contributed by atoms with Gasteiger partial charge in [-0.2, -0.15) is 9.97 Å². The molecule has 2 aliphatic rings. The summed E-state index contributed by atoms with van der Waals surface area (Å²) in [6.07, 6.45) is 3.18. The summed E-state index contributed by atoms with van der Waals surface area (Å²) < 4.78 is 6.08. The average molecular weight is 502 g/mol. The molecule has 1 unspecified atom stereocenters. The van der Waals surface area contributed by atoms with Crippen LogP contribution in [0.5, 0.6) is 11.8 Å². The third-order valence-electron chi connectivity index (χ3n) is 7.45. The summed E-state index contributed by atoms with van der Waals surface area (Å²) in [5.41, 5.74) is 3.09. The van der Waals surface area contributed by atoms with Gasteiger partial charge in [0, 0.05) is 55.4 Å². The molecule has 3 heterocycles. The van der Waals surface area contributed by atoms with Crippen molar-refractivity contribution in [3.8, 4) is 11.8 Å². The van der Waals surface area contributed by atoms with Crippen molar-refractivity contribution in [3.63, 3.8) is 0 Å². The molecule has 1 N–H and O–H groups in total. The van der Waals surface area contributed by atoms with Crippen molar-refractivity contribution < 1.29 is 14.6 Å². The number of phenolic OH excluding ortho intramolecular Hbond substituents is 1. The van der Waals surface area contributed by atoms with Crippen molar-refractivity contribution in [1.82, 2.24) is 14.9 Å². The third-order valence-corrected chi connectivity index (χ3v) is 7.45. The van der Waals surface area contributed by atoms with E-state index in [1.54, 1.807) is 6.07 Å². The first kappa shape index (κ1) is 24.9. The highest BCUT2D eigenvalue weighted by Gasteiger charge is 2.29. The van der Waals surface area contributed by atoms with E-state index < -0.39 is 0 Å². The van der Waals surface area contributed by atoms with Gasteiger partial charge in [-0.25, -0.2) is 0 Å². The first-order valence-corrected chi connectivity index (χ1v) is 13.1. The fourth-order valence-corrected chi connectivity index (χ4v) is 5.06. The van der Waals surface area contributed by atoms with Crippen LogP contribution in [0.2, 0.25) is 0 Å². The summed E-state index contributed by atoms with van der Waals surface area (Å²) >= 11 is 0. The fraction of sp³-hybridized carbons (Fsp3) is 0.414. The van der Waals surface area contributed by atoms with Crippen LogP contribution in [0.15, 0.2) is 49.1 Å². The maximum absolute atomic E-state index is 12.1. The zero-order chi connectivity index (χ0) is 25.9. The van der Waals surface area contributed by atoms with Gasteiger partial charge in [0.25, 0.3) is 0 Å². The summed E-state index contributed by atoms with van der Waals surface area (Å²) in [5, 5.41) is 12.5. The monoisotopic (exact) mass is 501 g/mol. The molecule has 0 bridgehead atoms. The normalized spacial score (nSPS) is 16.4. The molecule has 1 amide bonds. The number of amides is 1. The number of rotatable bonds is 7. The molecular formula is C29H35N5O3. The minimum Gasteiger partial charge on any atom is -0.508 e. The van der Waals surface area contributed by atoms with Crippen molar-refractivity contribution in [1.29, 1.82) is 0 Å². The standard InChI is InChI=1S/C29H35N5O3/c1-4-20(3)19-37-29-30-25-18-34(26-17-22(35)16-21-8-6-7-9-23(21)26)11-10-24(25)28(31-29)33-14-12-32(13-15-33)27(36)5-2/h5-9,16-17,20,35H,2,4,10-15,18-19H2,1,3H3. The predicted octanol–water partition coefficient (Wildman–Crippen LogP) is 4.16. The Morgan fingerprint density at radius 1 is 1.14 bits per heavy atom. The summed E-state index contributed by atoms with van der Waals surface area (Å²) in [5.74, 6) is 1.55. The number of ether oxygens (including phenoxy) is 1. The highest BCUT2D eigenvalue weighted by molar-refractivity contribution is 5.95. The van der Waals surface area contributed by atoms with Gasteiger partial charge in [0.15, 0.2) is 0 Å². The van der Waals surface area contributed by atoms with E-state index in [9.17, 15) is 9.90 Å². The molecule has 194 valence electrons. The Morgan fingerprint density at radius 2 is 1.92 bits per heavy atom. The molecule has 8 heteroatoms. The van der Waals surface area contributed by atoms with Gasteiger partial charge in [-0.3, -0.25) is 4.79 Å². The summed E-state index contributed by atoms with van der Waals surface area (Å²) in [4.78, 5) is 28.2. The number of anilines is 2. The number of phenols is 1. The number of aromatic nitrogens is 2. The minimum atomic E-state index is -0.0316. The smallest absolute Gasteiger partial charge is 0.318 e. The molecule has 1 saturated heterocycles. The van der Waals surface area contributed by atoms with Crippen LogP contribution in [0.25, 0.3) is 10.8 Å². The third kappa shape index (κ3) is 5.19. The SMILES string of the molecule is C=CC(=O)N1CCN(c2nc(OCC(C)CC)nc3c2CCN(c2cc(O)cc4ccccc24)C3)CC1. The van der Waals surface area contributed by atoms with Crippen LogP contribution in [-0.4, -0.2) is 65.2 Å². The number of piperazine rings is 1. The maximum Gasteiger partial charge on any atom is 0.318 e. The molecule has 0 radical (unpaired) electrons. The molecule has 2 aromatic carbocycles. The van der Waals surface area contributed by atoms with Gasteiger partial charge in [0.05, 0.1) is 18.8 Å². The van der Waals surface area contributed by atoms with Crippen LogP contribution in [0, 0.1) is 5.92 Å². The van der Waals surface area contributed by atoms with Gasteiger partial charge in [0.1, 0.15) is 11.6 Å². The van der Waals surface area contributed by atoms with Crippen molar-refractivity contribution >= 4 is 28.2 Å². The second-order valence-electron chi connectivity index (χ2n) is 9.95. The summed E-state index contributed by atoms with van der Waals surface area (Å²) in [6.45, 7) is 12.6. The molecule has 1 atom stereocenters. The van der Waals surface area contributed by atoms with Crippen LogP contribution in [0.4, 0.5) is 11.5 Å². The fourth-order valence-electron chi connectivity index (χ4n) is 5.06. The molecule has 0 spiro atoms. The Labute approximate surface area is 218 Å². The van der Waals surface area contributed by atoms with Crippen molar-refractivity contribution in [2.45, 2.75) is 33.2 Å². The Bertz CT molecular complexity index is 1300. The highest BCUT2D eigenvalue weighted by Crippen LogP contribution is 2.36. The van der Waals surface area contributed by atoms with Gasteiger partial charge in [-0.05, 0) is 29.9 Å². The molecule has 2 aliphatic heterocycles. The number of carbonyl (C=O) groups excluding carboxylic acids is 1. The van der Waals surface area contributed by atoms with Crippen molar-refractivity contribution in [2.24, 2.45) is 5.92 Å².